The summed E-state index contributed by atoms with van der Waals surface area (Å²) in [4.78, 5) is 0. The minimum Gasteiger partial charge on any atom is -0.747 e. The van der Waals surface area contributed by atoms with Crippen LogP contribution in [0.5, 0.6) is 0 Å². The molecule has 0 radical (unpaired) electrons. The van der Waals surface area contributed by atoms with E-state index in [1.165, 1.54) is 0 Å². The van der Waals surface area contributed by atoms with Gasteiger partial charge in [0.2, 0.25) is 0 Å². The van der Waals surface area contributed by atoms with Crippen molar-refractivity contribution in [1.82, 2.24) is 0 Å². The molecule has 0 saturated carbocycles. The van der Waals surface area contributed by atoms with E-state index in [0.717, 1.165) is 0 Å². The fourth-order valence-corrected chi connectivity index (χ4v) is 0.0745. The van der Waals surface area contributed by atoms with Crippen LogP contribution in [0, 0.1) is 0 Å². The lowest BCUT2D eigenvalue weighted by atomic mass is 14.6. The summed E-state index contributed by atoms with van der Waals surface area (Å²) >= 11 is -2.79. The number of rotatable bonds is 2. The summed E-state index contributed by atoms with van der Waals surface area (Å²) in [6.07, 6.45) is 0. The molecule has 6 heteroatoms. The predicted molar refractivity (Wildman–Crippen MR) is 13.7 cm³/mol. The number of hydrogen-bond acceptors (Lipinski definition) is 5. The van der Waals surface area contributed by atoms with E-state index in [2.05, 4.69) is 9.37 Å². The highest BCUT2D eigenvalue weighted by Crippen LogP contribution is 1.72. The second kappa shape index (κ2) is 3.19. The molecule has 0 aliphatic carbocycles. The summed E-state index contributed by atoms with van der Waals surface area (Å²) < 4.78 is 21.2. The van der Waals surface area contributed by atoms with Gasteiger partial charge in [-0.05, 0) is 0 Å². The Kier molecular flexibility index (Phi) is 3.19. The maximum absolute atomic E-state index is 9.09. The number of hydrogen-bond donors (Lipinski definition) is 1. The highest BCUT2D eigenvalue weighted by molar-refractivity contribution is 7.73. The molecule has 0 bridgehead atoms. The van der Waals surface area contributed by atoms with Gasteiger partial charge in [0.1, 0.15) is 11.4 Å². The summed E-state index contributed by atoms with van der Waals surface area (Å²) in [5.41, 5.74) is 0. The predicted octanol–water partition coefficient (Wildman–Crippen LogP) is -0.798. The maximum atomic E-state index is 9.09. The first-order valence-corrected chi connectivity index (χ1v) is 1.85. The van der Waals surface area contributed by atoms with Crippen LogP contribution in [0.15, 0.2) is 0 Å². The zero-order valence-corrected chi connectivity index (χ0v) is 3.30. The summed E-state index contributed by atoms with van der Waals surface area (Å²) in [6.45, 7) is 0. The highest BCUT2D eigenvalue weighted by Gasteiger charge is 1.73. The van der Waals surface area contributed by atoms with E-state index in [1.807, 2.05) is 0 Å². The van der Waals surface area contributed by atoms with Crippen LogP contribution in [0.2, 0.25) is 0 Å². The Balaban J connectivity index is 2.83. The molecule has 0 aromatic heterocycles. The summed E-state index contributed by atoms with van der Waals surface area (Å²) in [7, 11) is 0. The monoisotopic (exact) mass is 113 g/mol. The molecule has 1 N–H and O–H groups in total. The van der Waals surface area contributed by atoms with Crippen LogP contribution < -0.4 is 0 Å². The van der Waals surface area contributed by atoms with E-state index in [4.69, 9.17) is 14.0 Å². The van der Waals surface area contributed by atoms with Crippen molar-refractivity contribution in [2.45, 2.75) is 0 Å². The van der Waals surface area contributed by atoms with E-state index < -0.39 is 11.4 Å². The van der Waals surface area contributed by atoms with E-state index in [0.29, 0.717) is 0 Å². The van der Waals surface area contributed by atoms with Crippen LogP contribution in [-0.4, -0.2) is 14.0 Å². The second-order valence-electron chi connectivity index (χ2n) is 0.347. The van der Waals surface area contributed by atoms with E-state index in [-0.39, 0.29) is 0 Å². The Hall–Kier alpha value is -0.0100. The summed E-state index contributed by atoms with van der Waals surface area (Å²) in [5, 5.41) is 9.81. The molecule has 6 heavy (non-hydrogen) atoms. The standard InChI is InChI=1S/H2O5S/c1-4-5-6(2)3/h1H,(H,2,3)/p-1. The van der Waals surface area contributed by atoms with Gasteiger partial charge in [-0.2, -0.15) is 0 Å². The van der Waals surface area contributed by atoms with Gasteiger partial charge in [-0.3, -0.25) is 0 Å². The molecular weight excluding hydrogens is 112 g/mol. The molecular formula is HO5S-. The average Bonchev–Trinajstić information content (AvgIpc) is 1.35. The average molecular weight is 113 g/mol. The third-order valence-corrected chi connectivity index (χ3v) is 0.258. The van der Waals surface area contributed by atoms with Crippen LogP contribution >= 0.6 is 0 Å². The van der Waals surface area contributed by atoms with Crippen LogP contribution in [-0.2, 0) is 20.7 Å². The molecule has 0 heterocycles. The van der Waals surface area contributed by atoms with Crippen LogP contribution in [0.25, 0.3) is 0 Å². The third-order valence-electron chi connectivity index (χ3n) is 0.0860. The summed E-state index contributed by atoms with van der Waals surface area (Å²) in [5.74, 6) is 0. The van der Waals surface area contributed by atoms with Crippen molar-refractivity contribution in [1.29, 1.82) is 0 Å². The molecule has 1 unspecified atom stereocenters. The van der Waals surface area contributed by atoms with Crippen molar-refractivity contribution in [2.24, 2.45) is 0 Å². The zero-order chi connectivity index (χ0) is 4.99. The molecule has 0 fully saturated rings. The van der Waals surface area contributed by atoms with Crippen molar-refractivity contribution in [2.75, 3.05) is 0 Å². The Labute approximate surface area is 35.8 Å². The Morgan fingerprint density at radius 2 is 2.33 bits per heavy atom. The van der Waals surface area contributed by atoms with E-state index in [9.17, 15) is 0 Å². The molecule has 0 aliphatic heterocycles. The van der Waals surface area contributed by atoms with Gasteiger partial charge in [0.25, 0.3) is 0 Å². The van der Waals surface area contributed by atoms with Crippen LogP contribution in [0.3, 0.4) is 0 Å². The minimum atomic E-state index is -2.79. The summed E-state index contributed by atoms with van der Waals surface area (Å²) in [6, 6.07) is 0. The van der Waals surface area contributed by atoms with Gasteiger partial charge >= 0.3 is 0 Å². The van der Waals surface area contributed by atoms with Crippen molar-refractivity contribution in [3.8, 4) is 0 Å². The van der Waals surface area contributed by atoms with Crippen molar-refractivity contribution in [3.05, 3.63) is 0 Å². The topological polar surface area (TPSA) is 78.8 Å². The molecule has 5 nitrogen and oxygen atoms in total. The van der Waals surface area contributed by atoms with Gasteiger partial charge < -0.3 is 4.55 Å². The van der Waals surface area contributed by atoms with E-state index >= 15 is 0 Å². The Bertz CT molecular complexity index is 47.9. The quantitative estimate of drug-likeness (QED) is 0.288. The highest BCUT2D eigenvalue weighted by atomic mass is 32.2. The third kappa shape index (κ3) is 3.99. The molecule has 38 valence electrons. The van der Waals surface area contributed by atoms with Crippen LogP contribution in [0.1, 0.15) is 0 Å². The lowest BCUT2D eigenvalue weighted by molar-refractivity contribution is -0.437. The first-order chi connectivity index (χ1) is 2.77. The van der Waals surface area contributed by atoms with Crippen molar-refractivity contribution < 1.29 is 23.4 Å². The smallest absolute Gasteiger partial charge is 0.123 e. The first kappa shape index (κ1) is 5.99. The lowest BCUT2D eigenvalue weighted by Crippen LogP contribution is -1.91. The largest absolute Gasteiger partial charge is 0.747 e. The normalized spacial score (nSPS) is 14.3. The maximum Gasteiger partial charge on any atom is 0.123 e. The molecule has 1 atom stereocenters. The Morgan fingerprint density at radius 1 is 1.83 bits per heavy atom. The lowest BCUT2D eigenvalue weighted by Gasteiger charge is -1.94. The Morgan fingerprint density at radius 3 is 2.33 bits per heavy atom. The fraction of sp³-hybridized carbons (Fsp3) is 0. The van der Waals surface area contributed by atoms with Crippen molar-refractivity contribution >= 4 is 11.4 Å². The molecule has 0 aromatic carbocycles. The van der Waals surface area contributed by atoms with Gasteiger partial charge in [0.15, 0.2) is 0 Å². The second-order valence-corrected chi connectivity index (χ2v) is 0.891. The molecule has 0 aliphatic rings. The SMILES string of the molecule is O=S([O-])OOO. The van der Waals surface area contributed by atoms with Crippen LogP contribution in [0.4, 0.5) is 0 Å². The van der Waals surface area contributed by atoms with Crippen molar-refractivity contribution in [3.63, 3.8) is 0 Å². The van der Waals surface area contributed by atoms with Gasteiger partial charge in [0.05, 0.1) is 0 Å². The van der Waals surface area contributed by atoms with Gasteiger partial charge in [-0.1, -0.05) is 5.04 Å². The fourth-order valence-electron chi connectivity index (χ4n) is 0.0248. The molecule has 0 aromatic rings. The van der Waals surface area contributed by atoms with Gasteiger partial charge in [0, 0.05) is 0 Å². The minimum absolute atomic E-state index is 2.69. The van der Waals surface area contributed by atoms with Gasteiger partial charge in [-0.15, -0.1) is 4.33 Å². The molecule has 0 rings (SSSR count). The van der Waals surface area contributed by atoms with Gasteiger partial charge in [-0.25, -0.2) is 9.47 Å². The zero-order valence-electron chi connectivity index (χ0n) is 2.49. The molecule has 0 saturated heterocycles. The van der Waals surface area contributed by atoms with E-state index in [1.54, 1.807) is 0 Å². The molecule has 0 spiro atoms. The molecule has 0 amide bonds. The first-order valence-electron chi connectivity index (χ1n) is 0.849.